The lowest BCUT2D eigenvalue weighted by Crippen LogP contribution is -2.15. The van der Waals surface area contributed by atoms with Gasteiger partial charge in [0.2, 0.25) is 0 Å². The number of ether oxygens (including phenoxy) is 1. The Morgan fingerprint density at radius 3 is 1.95 bits per heavy atom. The highest BCUT2D eigenvalue weighted by atomic mass is 16.6. The Kier molecular flexibility index (Phi) is 5.04. The summed E-state index contributed by atoms with van der Waals surface area (Å²) in [5.74, 6) is -1.49. The molecule has 2 rings (SSSR count). The van der Waals surface area contributed by atoms with Crippen molar-refractivity contribution in [3.05, 3.63) is 90.5 Å². The van der Waals surface area contributed by atoms with Crippen molar-refractivity contribution >= 4 is 17.5 Å². The smallest absolute Gasteiger partial charge is 0.346 e. The molecule has 0 aliphatic heterocycles. The average Bonchev–Trinajstić information content (AvgIpc) is 2.55. The van der Waals surface area contributed by atoms with Crippen LogP contribution in [0.1, 0.15) is 11.1 Å². The molecule has 0 amide bonds. The molecular formula is C19H16O3. The maximum Gasteiger partial charge on any atom is 0.346 e. The predicted molar refractivity (Wildman–Crippen MR) is 85.9 cm³/mol. The topological polar surface area (TPSA) is 43.4 Å². The fourth-order valence-corrected chi connectivity index (χ4v) is 1.89. The van der Waals surface area contributed by atoms with Gasteiger partial charge in [0.05, 0.1) is 5.57 Å². The zero-order valence-corrected chi connectivity index (χ0v) is 12.1. The van der Waals surface area contributed by atoms with E-state index < -0.39 is 11.9 Å². The lowest BCUT2D eigenvalue weighted by molar-refractivity contribution is -0.152. The van der Waals surface area contributed by atoms with Gasteiger partial charge in [0.15, 0.2) is 0 Å². The summed E-state index contributed by atoms with van der Waals surface area (Å²) < 4.78 is 4.82. The third kappa shape index (κ3) is 4.03. The van der Waals surface area contributed by atoms with Crippen molar-refractivity contribution < 1.29 is 14.3 Å². The summed E-state index contributed by atoms with van der Waals surface area (Å²) in [6.07, 6.45) is 0.338. The molecule has 0 spiro atoms. The van der Waals surface area contributed by atoms with Gasteiger partial charge < -0.3 is 4.74 Å². The molecule has 0 aromatic heterocycles. The summed E-state index contributed by atoms with van der Waals surface area (Å²) >= 11 is 0. The van der Waals surface area contributed by atoms with Crippen molar-refractivity contribution in [3.63, 3.8) is 0 Å². The number of benzene rings is 2. The summed E-state index contributed by atoms with van der Waals surface area (Å²) in [6, 6.07) is 18.2. The minimum atomic E-state index is -0.759. The summed E-state index contributed by atoms with van der Waals surface area (Å²) in [5.41, 5.74) is 1.91. The van der Waals surface area contributed by atoms with Crippen LogP contribution in [-0.4, -0.2) is 11.9 Å². The molecule has 0 atom stereocenters. The minimum absolute atomic E-state index is 0.140. The van der Waals surface area contributed by atoms with E-state index in [0.29, 0.717) is 12.0 Å². The number of esters is 2. The Bertz CT molecular complexity index is 700. The molecule has 2 aromatic carbocycles. The van der Waals surface area contributed by atoms with Crippen molar-refractivity contribution in [2.75, 3.05) is 0 Å². The van der Waals surface area contributed by atoms with E-state index in [1.165, 1.54) is 0 Å². The number of hydrogen-bond donors (Lipinski definition) is 0. The van der Waals surface area contributed by atoms with Crippen molar-refractivity contribution in [1.29, 1.82) is 0 Å². The van der Waals surface area contributed by atoms with Gasteiger partial charge in [0.25, 0.3) is 0 Å². The molecule has 0 saturated carbocycles. The highest BCUT2D eigenvalue weighted by Crippen LogP contribution is 2.15. The van der Waals surface area contributed by atoms with Crippen LogP contribution in [0.4, 0.5) is 0 Å². The zero-order valence-electron chi connectivity index (χ0n) is 12.1. The van der Waals surface area contributed by atoms with E-state index in [2.05, 4.69) is 13.2 Å². The molecule has 0 N–H and O–H groups in total. The summed E-state index contributed by atoms with van der Waals surface area (Å²) in [5, 5.41) is 0. The second-order valence-electron chi connectivity index (χ2n) is 4.79. The van der Waals surface area contributed by atoms with Crippen LogP contribution in [0.2, 0.25) is 0 Å². The van der Waals surface area contributed by atoms with E-state index in [0.717, 1.165) is 5.56 Å². The minimum Gasteiger partial charge on any atom is -0.386 e. The first-order valence-electron chi connectivity index (χ1n) is 6.80. The molecular weight excluding hydrogens is 276 g/mol. The number of carbonyl (C=O) groups is 2. The Morgan fingerprint density at radius 2 is 1.36 bits per heavy atom. The lowest BCUT2D eigenvalue weighted by atomic mass is 10.1. The van der Waals surface area contributed by atoms with Crippen molar-refractivity contribution in [2.45, 2.75) is 6.42 Å². The van der Waals surface area contributed by atoms with Gasteiger partial charge in [-0.15, -0.1) is 0 Å². The molecule has 2 aromatic rings. The first-order valence-corrected chi connectivity index (χ1v) is 6.80. The molecule has 0 aliphatic rings. The van der Waals surface area contributed by atoms with E-state index in [9.17, 15) is 9.59 Å². The van der Waals surface area contributed by atoms with Gasteiger partial charge in [-0.05, 0) is 11.1 Å². The maximum absolute atomic E-state index is 11.9. The van der Waals surface area contributed by atoms with Gasteiger partial charge >= 0.3 is 11.9 Å². The number of hydrogen-bond acceptors (Lipinski definition) is 3. The zero-order chi connectivity index (χ0) is 15.9. The van der Waals surface area contributed by atoms with Crippen LogP contribution in [0.3, 0.4) is 0 Å². The molecule has 0 saturated heterocycles. The van der Waals surface area contributed by atoms with E-state index in [1.54, 1.807) is 24.3 Å². The predicted octanol–water partition coefficient (Wildman–Crippen LogP) is 3.57. The van der Waals surface area contributed by atoms with E-state index >= 15 is 0 Å². The molecule has 0 bridgehead atoms. The summed E-state index contributed by atoms with van der Waals surface area (Å²) in [6.45, 7) is 7.34. The van der Waals surface area contributed by atoms with Crippen molar-refractivity contribution in [1.82, 2.24) is 0 Å². The van der Waals surface area contributed by atoms with Crippen LogP contribution in [0.5, 0.6) is 0 Å². The molecule has 110 valence electrons. The van der Waals surface area contributed by atoms with Gasteiger partial charge in [-0.3, -0.25) is 0 Å². The van der Waals surface area contributed by atoms with Crippen LogP contribution < -0.4 is 0 Å². The summed E-state index contributed by atoms with van der Waals surface area (Å²) in [4.78, 5) is 23.8. The molecule has 3 nitrogen and oxygen atoms in total. The standard InChI is InChI=1S/C19H16O3/c1-14(13-16-9-5-3-6-10-16)18(20)22-19(21)15(2)17-11-7-4-8-12-17/h3-12H,1-2,13H2. The van der Waals surface area contributed by atoms with Gasteiger partial charge in [-0.2, -0.15) is 0 Å². The highest BCUT2D eigenvalue weighted by Gasteiger charge is 2.17. The fraction of sp³-hybridized carbons (Fsp3) is 0.0526. The number of carbonyl (C=O) groups excluding carboxylic acids is 2. The molecule has 0 fully saturated rings. The van der Waals surface area contributed by atoms with Gasteiger partial charge in [-0.25, -0.2) is 9.59 Å². The molecule has 0 unspecified atom stereocenters. The van der Waals surface area contributed by atoms with Crippen LogP contribution in [0.15, 0.2) is 79.4 Å². The Balaban J connectivity index is 1.95. The monoisotopic (exact) mass is 292 g/mol. The van der Waals surface area contributed by atoms with Gasteiger partial charge in [0, 0.05) is 12.0 Å². The van der Waals surface area contributed by atoms with Crippen LogP contribution in [0.25, 0.3) is 5.57 Å². The second kappa shape index (κ2) is 7.18. The SMILES string of the molecule is C=C(Cc1ccccc1)C(=O)OC(=O)C(=C)c1ccccc1. The third-order valence-corrected chi connectivity index (χ3v) is 3.10. The second-order valence-corrected chi connectivity index (χ2v) is 4.79. The first-order chi connectivity index (χ1) is 10.6. The largest absolute Gasteiger partial charge is 0.386 e. The Morgan fingerprint density at radius 1 is 0.818 bits per heavy atom. The highest BCUT2D eigenvalue weighted by molar-refractivity contribution is 6.19. The Hall–Kier alpha value is -2.94. The van der Waals surface area contributed by atoms with Gasteiger partial charge in [0.1, 0.15) is 0 Å². The molecule has 22 heavy (non-hydrogen) atoms. The van der Waals surface area contributed by atoms with Crippen LogP contribution in [0, 0.1) is 0 Å². The van der Waals surface area contributed by atoms with E-state index in [1.807, 2.05) is 36.4 Å². The lowest BCUT2D eigenvalue weighted by Gasteiger charge is -2.07. The van der Waals surface area contributed by atoms with Crippen LogP contribution >= 0.6 is 0 Å². The maximum atomic E-state index is 11.9. The Labute approximate surface area is 129 Å². The van der Waals surface area contributed by atoms with Crippen molar-refractivity contribution in [2.24, 2.45) is 0 Å². The van der Waals surface area contributed by atoms with Gasteiger partial charge in [-0.1, -0.05) is 73.8 Å². The molecule has 0 heterocycles. The fourth-order valence-electron chi connectivity index (χ4n) is 1.89. The molecule has 3 heteroatoms. The van der Waals surface area contributed by atoms with E-state index in [-0.39, 0.29) is 11.1 Å². The normalized spacial score (nSPS) is 9.82. The first kappa shape index (κ1) is 15.4. The van der Waals surface area contributed by atoms with E-state index in [4.69, 9.17) is 4.74 Å². The molecule has 0 radical (unpaired) electrons. The molecule has 0 aliphatic carbocycles. The van der Waals surface area contributed by atoms with Crippen LogP contribution in [-0.2, 0) is 20.7 Å². The quantitative estimate of drug-likeness (QED) is 0.481. The van der Waals surface area contributed by atoms with Crippen molar-refractivity contribution in [3.8, 4) is 0 Å². The summed E-state index contributed by atoms with van der Waals surface area (Å²) in [7, 11) is 0. The average molecular weight is 292 g/mol. The third-order valence-electron chi connectivity index (χ3n) is 3.10. The number of rotatable bonds is 5.